The van der Waals surface area contributed by atoms with Gasteiger partial charge in [-0.05, 0) is 43.5 Å². The summed E-state index contributed by atoms with van der Waals surface area (Å²) in [5.41, 5.74) is 6.26. The molecule has 0 saturated heterocycles. The SMILES string of the molecule is Cc1cc(C(CCc2ccnn2C)NN)ccn1. The molecule has 0 spiro atoms. The van der Waals surface area contributed by atoms with E-state index in [1.807, 2.05) is 43.2 Å². The van der Waals surface area contributed by atoms with E-state index in [2.05, 4.69) is 21.6 Å². The Labute approximate surface area is 107 Å². The minimum Gasteiger partial charge on any atom is -0.273 e. The van der Waals surface area contributed by atoms with Gasteiger partial charge in [-0.15, -0.1) is 0 Å². The highest BCUT2D eigenvalue weighted by atomic mass is 15.3. The maximum atomic E-state index is 5.64. The fourth-order valence-electron chi connectivity index (χ4n) is 2.07. The molecule has 0 saturated carbocycles. The zero-order valence-corrected chi connectivity index (χ0v) is 10.8. The molecule has 2 rings (SSSR count). The summed E-state index contributed by atoms with van der Waals surface area (Å²) in [4.78, 5) is 4.20. The Hall–Kier alpha value is -1.72. The summed E-state index contributed by atoms with van der Waals surface area (Å²) in [7, 11) is 1.96. The van der Waals surface area contributed by atoms with E-state index in [4.69, 9.17) is 5.84 Å². The van der Waals surface area contributed by atoms with E-state index in [0.29, 0.717) is 0 Å². The molecule has 5 nitrogen and oxygen atoms in total. The van der Waals surface area contributed by atoms with Gasteiger partial charge in [0.15, 0.2) is 0 Å². The molecule has 5 heteroatoms. The minimum atomic E-state index is 0.140. The van der Waals surface area contributed by atoms with E-state index in [9.17, 15) is 0 Å². The molecule has 0 aliphatic heterocycles. The highest BCUT2D eigenvalue weighted by molar-refractivity contribution is 5.19. The molecule has 0 aliphatic carbocycles. The van der Waals surface area contributed by atoms with Crippen molar-refractivity contribution in [2.75, 3.05) is 0 Å². The summed E-state index contributed by atoms with van der Waals surface area (Å²) in [5.74, 6) is 5.64. The van der Waals surface area contributed by atoms with Crippen molar-refractivity contribution in [3.05, 3.63) is 47.5 Å². The van der Waals surface area contributed by atoms with Gasteiger partial charge in [0.05, 0.1) is 0 Å². The van der Waals surface area contributed by atoms with Crippen LogP contribution in [0.3, 0.4) is 0 Å². The molecular formula is C13H19N5. The number of aryl methyl sites for hydroxylation is 3. The summed E-state index contributed by atoms with van der Waals surface area (Å²) >= 11 is 0. The largest absolute Gasteiger partial charge is 0.273 e. The van der Waals surface area contributed by atoms with Crippen LogP contribution in [0.4, 0.5) is 0 Å². The lowest BCUT2D eigenvalue weighted by atomic mass is 10.0. The average molecular weight is 245 g/mol. The van der Waals surface area contributed by atoms with Crippen LogP contribution >= 0.6 is 0 Å². The molecule has 0 radical (unpaired) electrons. The maximum absolute atomic E-state index is 5.64. The molecule has 0 aliphatic rings. The van der Waals surface area contributed by atoms with Gasteiger partial charge in [0.25, 0.3) is 0 Å². The fraction of sp³-hybridized carbons (Fsp3) is 0.385. The molecule has 96 valence electrons. The van der Waals surface area contributed by atoms with Crippen molar-refractivity contribution in [3.8, 4) is 0 Å². The molecule has 0 amide bonds. The van der Waals surface area contributed by atoms with Gasteiger partial charge in [0.2, 0.25) is 0 Å². The van der Waals surface area contributed by atoms with Crippen molar-refractivity contribution in [1.82, 2.24) is 20.2 Å². The molecule has 1 atom stereocenters. The number of nitrogens with one attached hydrogen (secondary N) is 1. The van der Waals surface area contributed by atoms with Crippen LogP contribution in [0.2, 0.25) is 0 Å². The van der Waals surface area contributed by atoms with Gasteiger partial charge in [0, 0.05) is 36.9 Å². The first-order chi connectivity index (χ1) is 8.70. The monoisotopic (exact) mass is 245 g/mol. The van der Waals surface area contributed by atoms with E-state index in [0.717, 1.165) is 18.5 Å². The van der Waals surface area contributed by atoms with E-state index in [1.54, 1.807) is 0 Å². The van der Waals surface area contributed by atoms with Crippen LogP contribution in [-0.4, -0.2) is 14.8 Å². The molecule has 2 aromatic heterocycles. The first-order valence-corrected chi connectivity index (χ1v) is 6.06. The Balaban J connectivity index is 2.04. The van der Waals surface area contributed by atoms with Gasteiger partial charge in [-0.2, -0.15) is 5.10 Å². The first-order valence-electron chi connectivity index (χ1n) is 6.06. The van der Waals surface area contributed by atoms with Gasteiger partial charge in [0.1, 0.15) is 0 Å². The lowest BCUT2D eigenvalue weighted by Gasteiger charge is -2.16. The molecule has 0 bridgehead atoms. The Morgan fingerprint density at radius 2 is 2.22 bits per heavy atom. The van der Waals surface area contributed by atoms with Crippen LogP contribution in [0.25, 0.3) is 0 Å². The second kappa shape index (κ2) is 5.75. The molecule has 1 unspecified atom stereocenters. The van der Waals surface area contributed by atoms with Crippen molar-refractivity contribution in [2.24, 2.45) is 12.9 Å². The number of nitrogens with two attached hydrogens (primary N) is 1. The highest BCUT2D eigenvalue weighted by Crippen LogP contribution is 2.18. The van der Waals surface area contributed by atoms with Crippen molar-refractivity contribution in [2.45, 2.75) is 25.8 Å². The van der Waals surface area contributed by atoms with Crippen LogP contribution in [-0.2, 0) is 13.5 Å². The Kier molecular flexibility index (Phi) is 4.07. The number of nitrogens with zero attached hydrogens (tertiary/aromatic N) is 3. The third kappa shape index (κ3) is 2.94. The number of hydrogen-bond acceptors (Lipinski definition) is 4. The molecule has 3 N–H and O–H groups in total. The first kappa shape index (κ1) is 12.7. The summed E-state index contributed by atoms with van der Waals surface area (Å²) in [6.07, 6.45) is 5.50. The molecule has 2 heterocycles. The Morgan fingerprint density at radius 1 is 1.39 bits per heavy atom. The van der Waals surface area contributed by atoms with Crippen molar-refractivity contribution in [1.29, 1.82) is 0 Å². The van der Waals surface area contributed by atoms with Crippen LogP contribution < -0.4 is 11.3 Å². The fourth-order valence-corrected chi connectivity index (χ4v) is 2.07. The smallest absolute Gasteiger partial charge is 0.0492 e. The zero-order valence-electron chi connectivity index (χ0n) is 10.8. The van der Waals surface area contributed by atoms with Crippen LogP contribution in [0.15, 0.2) is 30.6 Å². The third-order valence-electron chi connectivity index (χ3n) is 3.14. The number of rotatable bonds is 5. The molecule has 2 aromatic rings. The van der Waals surface area contributed by atoms with E-state index >= 15 is 0 Å². The van der Waals surface area contributed by atoms with Crippen molar-refractivity contribution in [3.63, 3.8) is 0 Å². The second-order valence-electron chi connectivity index (χ2n) is 4.43. The Bertz CT molecular complexity index is 506. The molecule has 0 fully saturated rings. The summed E-state index contributed by atoms with van der Waals surface area (Å²) in [5, 5.41) is 4.16. The van der Waals surface area contributed by atoms with Gasteiger partial charge < -0.3 is 0 Å². The average Bonchev–Trinajstić information content (AvgIpc) is 2.76. The number of hydrogen-bond donors (Lipinski definition) is 2. The normalized spacial score (nSPS) is 12.6. The Morgan fingerprint density at radius 3 is 2.83 bits per heavy atom. The van der Waals surface area contributed by atoms with Gasteiger partial charge in [-0.3, -0.25) is 20.9 Å². The lowest BCUT2D eigenvalue weighted by Crippen LogP contribution is -2.28. The number of aromatic nitrogens is 3. The third-order valence-corrected chi connectivity index (χ3v) is 3.14. The van der Waals surface area contributed by atoms with E-state index < -0.39 is 0 Å². The molecular weight excluding hydrogens is 226 g/mol. The van der Waals surface area contributed by atoms with E-state index in [-0.39, 0.29) is 6.04 Å². The van der Waals surface area contributed by atoms with Crippen molar-refractivity contribution >= 4 is 0 Å². The number of hydrazine groups is 1. The topological polar surface area (TPSA) is 68.8 Å². The maximum Gasteiger partial charge on any atom is 0.0492 e. The molecule has 18 heavy (non-hydrogen) atoms. The quantitative estimate of drug-likeness (QED) is 0.614. The summed E-state index contributed by atoms with van der Waals surface area (Å²) in [6.45, 7) is 1.98. The van der Waals surface area contributed by atoms with E-state index in [1.165, 1.54) is 11.3 Å². The summed E-state index contributed by atoms with van der Waals surface area (Å²) < 4.78 is 1.89. The van der Waals surface area contributed by atoms with Crippen LogP contribution in [0.1, 0.15) is 29.4 Å². The van der Waals surface area contributed by atoms with Gasteiger partial charge in [-0.1, -0.05) is 0 Å². The standard InChI is InChI=1S/C13H19N5/c1-10-9-11(5-7-15-10)13(17-14)4-3-12-6-8-16-18(12)2/h5-9,13,17H,3-4,14H2,1-2H3. The minimum absolute atomic E-state index is 0.140. The molecule has 0 aromatic carbocycles. The van der Waals surface area contributed by atoms with Crippen LogP contribution in [0, 0.1) is 6.92 Å². The van der Waals surface area contributed by atoms with Gasteiger partial charge in [-0.25, -0.2) is 0 Å². The number of pyridine rings is 1. The zero-order chi connectivity index (χ0) is 13.0. The van der Waals surface area contributed by atoms with Crippen LogP contribution in [0.5, 0.6) is 0 Å². The van der Waals surface area contributed by atoms with Gasteiger partial charge >= 0.3 is 0 Å². The second-order valence-corrected chi connectivity index (χ2v) is 4.43. The lowest BCUT2D eigenvalue weighted by molar-refractivity contribution is 0.506. The highest BCUT2D eigenvalue weighted by Gasteiger charge is 2.11. The van der Waals surface area contributed by atoms with Crippen molar-refractivity contribution < 1.29 is 0 Å². The predicted octanol–water partition coefficient (Wildman–Crippen LogP) is 1.26. The summed E-state index contributed by atoms with van der Waals surface area (Å²) in [6, 6.07) is 6.24. The predicted molar refractivity (Wildman–Crippen MR) is 70.6 cm³/mol.